The van der Waals surface area contributed by atoms with Gasteiger partial charge in [-0.05, 0) is 44.6 Å². The number of hydrogen-bond donors (Lipinski definition) is 0. The molecule has 0 aliphatic carbocycles. The van der Waals surface area contributed by atoms with E-state index in [4.69, 9.17) is 0 Å². The maximum absolute atomic E-state index is 2.65. The second-order valence-electron chi connectivity index (χ2n) is 4.95. The van der Waals surface area contributed by atoms with Crippen molar-refractivity contribution in [1.29, 1.82) is 0 Å². The van der Waals surface area contributed by atoms with Crippen molar-refractivity contribution < 1.29 is 0 Å². The van der Waals surface area contributed by atoms with Gasteiger partial charge in [0.15, 0.2) is 0 Å². The third-order valence-corrected chi connectivity index (χ3v) is 4.08. The maximum Gasteiger partial charge on any atom is 0.0126 e. The summed E-state index contributed by atoms with van der Waals surface area (Å²) in [7, 11) is 2.33. The second-order valence-corrected chi connectivity index (χ2v) is 4.95. The molecule has 2 unspecified atom stereocenters. The Morgan fingerprint density at radius 1 is 1.08 bits per heavy atom. The molecule has 3 atom stereocenters. The minimum Gasteiger partial charge on any atom is -0.300 e. The average Bonchev–Trinajstić information content (AvgIpc) is 2.32. The van der Waals surface area contributed by atoms with E-state index in [0.29, 0.717) is 0 Å². The monoisotopic (exact) mass is 167 g/mol. The fourth-order valence-electron chi connectivity index (χ4n) is 3.26. The van der Waals surface area contributed by atoms with E-state index in [-0.39, 0.29) is 0 Å². The lowest BCUT2D eigenvalue weighted by atomic mass is 9.82. The van der Waals surface area contributed by atoms with Crippen molar-refractivity contribution >= 4 is 0 Å². The van der Waals surface area contributed by atoms with Gasteiger partial charge in [0.25, 0.3) is 0 Å². The van der Waals surface area contributed by atoms with E-state index in [1.807, 2.05) is 0 Å². The third-order valence-electron chi connectivity index (χ3n) is 4.08. The smallest absolute Gasteiger partial charge is 0.0126 e. The first-order valence-electron chi connectivity index (χ1n) is 5.42. The molecular weight excluding hydrogens is 146 g/mol. The summed E-state index contributed by atoms with van der Waals surface area (Å²) in [4.78, 5) is 2.65. The predicted molar refractivity (Wildman–Crippen MR) is 52.1 cm³/mol. The van der Waals surface area contributed by atoms with Gasteiger partial charge in [-0.3, -0.25) is 0 Å². The van der Waals surface area contributed by atoms with Crippen LogP contribution in [0, 0.1) is 11.8 Å². The highest BCUT2D eigenvalue weighted by Crippen LogP contribution is 2.40. The Labute approximate surface area is 76.1 Å². The van der Waals surface area contributed by atoms with Crippen LogP contribution in [-0.2, 0) is 0 Å². The Morgan fingerprint density at radius 3 is 2.42 bits per heavy atom. The van der Waals surface area contributed by atoms with Gasteiger partial charge in [-0.2, -0.15) is 0 Å². The molecule has 12 heavy (non-hydrogen) atoms. The van der Waals surface area contributed by atoms with Crippen LogP contribution in [0.5, 0.6) is 0 Å². The zero-order valence-corrected chi connectivity index (χ0v) is 8.59. The van der Waals surface area contributed by atoms with Crippen molar-refractivity contribution in [2.45, 2.75) is 51.6 Å². The first-order chi connectivity index (χ1) is 5.70. The van der Waals surface area contributed by atoms with E-state index < -0.39 is 0 Å². The van der Waals surface area contributed by atoms with Gasteiger partial charge in [0.1, 0.15) is 0 Å². The zero-order chi connectivity index (χ0) is 8.72. The molecule has 0 amide bonds. The van der Waals surface area contributed by atoms with Gasteiger partial charge in [-0.25, -0.2) is 0 Å². The molecule has 1 nitrogen and oxygen atoms in total. The molecule has 0 aromatic rings. The van der Waals surface area contributed by atoms with Crippen LogP contribution < -0.4 is 0 Å². The highest BCUT2D eigenvalue weighted by atomic mass is 15.2. The van der Waals surface area contributed by atoms with E-state index in [1.54, 1.807) is 0 Å². The van der Waals surface area contributed by atoms with E-state index in [1.165, 1.54) is 25.7 Å². The van der Waals surface area contributed by atoms with Gasteiger partial charge < -0.3 is 4.90 Å². The number of hydrogen-bond acceptors (Lipinski definition) is 1. The van der Waals surface area contributed by atoms with E-state index >= 15 is 0 Å². The van der Waals surface area contributed by atoms with Gasteiger partial charge >= 0.3 is 0 Å². The lowest BCUT2D eigenvalue weighted by Gasteiger charge is -2.39. The summed E-state index contributed by atoms with van der Waals surface area (Å²) >= 11 is 0. The fourth-order valence-corrected chi connectivity index (χ4v) is 3.26. The van der Waals surface area contributed by atoms with Crippen LogP contribution in [-0.4, -0.2) is 24.0 Å². The maximum atomic E-state index is 2.65. The molecule has 0 saturated carbocycles. The summed E-state index contributed by atoms with van der Waals surface area (Å²) < 4.78 is 0. The molecule has 0 spiro atoms. The van der Waals surface area contributed by atoms with Crippen molar-refractivity contribution in [3.8, 4) is 0 Å². The van der Waals surface area contributed by atoms with E-state index in [9.17, 15) is 0 Å². The summed E-state index contributed by atoms with van der Waals surface area (Å²) in [6, 6.07) is 1.86. The largest absolute Gasteiger partial charge is 0.300 e. The summed E-state index contributed by atoms with van der Waals surface area (Å²) in [5, 5.41) is 0. The SMILES string of the molecule is CC(C)[C@H]1CCC2CCC1N2C. The first kappa shape index (κ1) is 8.55. The van der Waals surface area contributed by atoms with Crippen LogP contribution in [0.15, 0.2) is 0 Å². The van der Waals surface area contributed by atoms with Crippen molar-refractivity contribution in [1.82, 2.24) is 4.90 Å². The molecule has 1 heteroatoms. The lowest BCUT2D eigenvalue weighted by Crippen LogP contribution is -2.43. The summed E-state index contributed by atoms with van der Waals surface area (Å²) in [5.74, 6) is 1.87. The van der Waals surface area contributed by atoms with Crippen molar-refractivity contribution in [3.05, 3.63) is 0 Å². The van der Waals surface area contributed by atoms with Gasteiger partial charge in [-0.1, -0.05) is 13.8 Å². The molecule has 0 aromatic heterocycles. The fraction of sp³-hybridized carbons (Fsp3) is 1.00. The van der Waals surface area contributed by atoms with Crippen LogP contribution in [0.4, 0.5) is 0 Å². The molecule has 70 valence electrons. The average molecular weight is 167 g/mol. The predicted octanol–water partition coefficient (Wildman–Crippen LogP) is 2.52. The molecule has 2 saturated heterocycles. The molecule has 2 aliphatic rings. The Kier molecular flexibility index (Phi) is 2.16. The molecular formula is C11H21N. The number of nitrogens with zero attached hydrogens (tertiary/aromatic N) is 1. The van der Waals surface area contributed by atoms with Crippen LogP contribution in [0.2, 0.25) is 0 Å². The molecule has 2 fully saturated rings. The lowest BCUT2D eigenvalue weighted by molar-refractivity contribution is 0.0935. The minimum absolute atomic E-state index is 0.886. The van der Waals surface area contributed by atoms with Gasteiger partial charge in [0.2, 0.25) is 0 Å². The van der Waals surface area contributed by atoms with Crippen molar-refractivity contribution in [2.24, 2.45) is 11.8 Å². The van der Waals surface area contributed by atoms with E-state index in [0.717, 1.165) is 23.9 Å². The molecule has 2 bridgehead atoms. The first-order valence-corrected chi connectivity index (χ1v) is 5.42. The van der Waals surface area contributed by atoms with Crippen LogP contribution in [0.25, 0.3) is 0 Å². The third kappa shape index (κ3) is 1.19. The Balaban J connectivity index is 2.09. The number of fused-ring (bicyclic) bond motifs is 2. The summed E-state index contributed by atoms with van der Waals surface area (Å²) in [6.07, 6.45) is 5.86. The van der Waals surface area contributed by atoms with Crippen molar-refractivity contribution in [2.75, 3.05) is 7.05 Å². The Morgan fingerprint density at radius 2 is 1.75 bits per heavy atom. The Bertz CT molecular complexity index is 164. The highest BCUT2D eigenvalue weighted by Gasteiger charge is 2.40. The Hall–Kier alpha value is -0.0400. The number of piperidine rings is 1. The molecule has 2 heterocycles. The number of rotatable bonds is 1. The van der Waals surface area contributed by atoms with E-state index in [2.05, 4.69) is 25.8 Å². The molecule has 2 aliphatic heterocycles. The topological polar surface area (TPSA) is 3.24 Å². The normalized spacial score (nSPS) is 42.5. The van der Waals surface area contributed by atoms with Crippen molar-refractivity contribution in [3.63, 3.8) is 0 Å². The quantitative estimate of drug-likeness (QED) is 0.580. The highest BCUT2D eigenvalue weighted by molar-refractivity contribution is 4.95. The zero-order valence-electron chi connectivity index (χ0n) is 8.59. The van der Waals surface area contributed by atoms with Gasteiger partial charge in [0.05, 0.1) is 0 Å². The van der Waals surface area contributed by atoms with Gasteiger partial charge in [-0.15, -0.1) is 0 Å². The molecule has 2 rings (SSSR count). The van der Waals surface area contributed by atoms with Crippen LogP contribution in [0.1, 0.15) is 39.5 Å². The van der Waals surface area contributed by atoms with Crippen LogP contribution >= 0.6 is 0 Å². The second kappa shape index (κ2) is 3.02. The minimum atomic E-state index is 0.886. The molecule has 0 N–H and O–H groups in total. The molecule has 0 aromatic carbocycles. The van der Waals surface area contributed by atoms with Gasteiger partial charge in [0, 0.05) is 12.1 Å². The summed E-state index contributed by atoms with van der Waals surface area (Å²) in [6.45, 7) is 4.77. The standard InChI is InChI=1S/C11H21N/c1-8(2)10-6-4-9-5-7-11(10)12(9)3/h8-11H,4-7H2,1-3H3/t9?,10-,11?/m1/s1. The van der Waals surface area contributed by atoms with Crippen LogP contribution in [0.3, 0.4) is 0 Å². The molecule has 0 radical (unpaired) electrons. The summed E-state index contributed by atoms with van der Waals surface area (Å²) in [5.41, 5.74) is 0.